The third-order valence-electron chi connectivity index (χ3n) is 3.98. The summed E-state index contributed by atoms with van der Waals surface area (Å²) in [6.45, 7) is 8.85. The number of nitrogens with zero attached hydrogens (tertiary/aromatic N) is 2. The highest BCUT2D eigenvalue weighted by molar-refractivity contribution is 5.96. The predicted molar refractivity (Wildman–Crippen MR) is 101 cm³/mol. The molecule has 1 aromatic carbocycles. The van der Waals surface area contributed by atoms with Crippen molar-refractivity contribution < 1.29 is 19.1 Å². The first kappa shape index (κ1) is 20.0. The Morgan fingerprint density at radius 3 is 2.62 bits per heavy atom. The Morgan fingerprint density at radius 2 is 1.96 bits per heavy atom. The third-order valence-corrected chi connectivity index (χ3v) is 3.98. The molecule has 1 N–H and O–H groups in total. The predicted octanol–water partition coefficient (Wildman–Crippen LogP) is 2.26. The summed E-state index contributed by atoms with van der Waals surface area (Å²) >= 11 is 0. The van der Waals surface area contributed by atoms with E-state index in [-0.39, 0.29) is 24.6 Å². The lowest BCUT2D eigenvalue weighted by molar-refractivity contribution is -0.121. The smallest absolute Gasteiger partial charge is 0.325 e. The summed E-state index contributed by atoms with van der Waals surface area (Å²) in [5.74, 6) is 0.636. The average molecular weight is 363 g/mol. The van der Waals surface area contributed by atoms with E-state index in [1.807, 2.05) is 45.0 Å². The van der Waals surface area contributed by atoms with E-state index in [0.717, 1.165) is 17.9 Å². The van der Waals surface area contributed by atoms with Crippen molar-refractivity contribution in [2.45, 2.75) is 33.3 Å². The molecule has 0 atom stereocenters. The van der Waals surface area contributed by atoms with Gasteiger partial charge < -0.3 is 19.7 Å². The van der Waals surface area contributed by atoms with Gasteiger partial charge in [0.15, 0.2) is 0 Å². The molecule has 1 aliphatic heterocycles. The molecular formula is C19H29N3O4. The molecule has 0 unspecified atom stereocenters. The molecule has 0 saturated carbocycles. The van der Waals surface area contributed by atoms with Gasteiger partial charge in [-0.1, -0.05) is 0 Å². The Kier molecular flexibility index (Phi) is 7.72. The molecule has 0 radical (unpaired) electrons. The molecule has 0 spiro atoms. The fourth-order valence-electron chi connectivity index (χ4n) is 2.71. The van der Waals surface area contributed by atoms with Gasteiger partial charge in [0, 0.05) is 31.9 Å². The molecule has 1 aliphatic rings. The topological polar surface area (TPSA) is 71.1 Å². The van der Waals surface area contributed by atoms with Crippen LogP contribution in [0.4, 0.5) is 10.5 Å². The fourth-order valence-corrected chi connectivity index (χ4v) is 2.71. The quantitative estimate of drug-likeness (QED) is 0.647. The number of anilines is 1. The van der Waals surface area contributed by atoms with Gasteiger partial charge in [-0.15, -0.1) is 0 Å². The molecular weight excluding hydrogens is 334 g/mol. The first-order valence-corrected chi connectivity index (χ1v) is 9.19. The number of hydrogen-bond donors (Lipinski definition) is 1. The Hall–Kier alpha value is -2.28. The summed E-state index contributed by atoms with van der Waals surface area (Å²) in [4.78, 5) is 27.8. The number of hydrogen-bond acceptors (Lipinski definition) is 4. The molecule has 7 heteroatoms. The standard InChI is InChI=1S/C19H29N3O4/c1-4-25-17-8-6-16(7-9-17)22-12-11-21(19(22)24)14-18(23)20-10-5-13-26-15(2)3/h6-9,15H,4-5,10-14H2,1-3H3,(H,20,23). The SMILES string of the molecule is CCOc1ccc(N2CCN(CC(=O)NCCCOC(C)C)C2=O)cc1. The summed E-state index contributed by atoms with van der Waals surface area (Å²) in [6.07, 6.45) is 0.956. The maximum atomic E-state index is 12.5. The van der Waals surface area contributed by atoms with Crippen LogP contribution in [-0.2, 0) is 9.53 Å². The van der Waals surface area contributed by atoms with Crippen LogP contribution in [0.2, 0.25) is 0 Å². The van der Waals surface area contributed by atoms with Crippen LogP contribution >= 0.6 is 0 Å². The number of urea groups is 1. The number of rotatable bonds is 10. The monoisotopic (exact) mass is 363 g/mol. The third kappa shape index (κ3) is 5.91. The minimum atomic E-state index is -0.146. The zero-order valence-corrected chi connectivity index (χ0v) is 15.9. The van der Waals surface area contributed by atoms with E-state index in [0.29, 0.717) is 32.8 Å². The van der Waals surface area contributed by atoms with Gasteiger partial charge in [-0.3, -0.25) is 9.69 Å². The van der Waals surface area contributed by atoms with Crippen molar-refractivity contribution >= 4 is 17.6 Å². The average Bonchev–Trinajstić information content (AvgIpc) is 2.96. The van der Waals surface area contributed by atoms with Crippen LogP contribution < -0.4 is 15.0 Å². The zero-order valence-electron chi connectivity index (χ0n) is 15.9. The molecule has 1 fully saturated rings. The van der Waals surface area contributed by atoms with Crippen molar-refractivity contribution in [3.8, 4) is 5.75 Å². The maximum absolute atomic E-state index is 12.5. The molecule has 0 aromatic heterocycles. The molecule has 26 heavy (non-hydrogen) atoms. The normalized spacial score (nSPS) is 14.2. The van der Waals surface area contributed by atoms with Crippen molar-refractivity contribution in [1.29, 1.82) is 0 Å². The van der Waals surface area contributed by atoms with Gasteiger partial charge in [0.05, 0.1) is 12.7 Å². The largest absolute Gasteiger partial charge is 0.494 e. The minimum Gasteiger partial charge on any atom is -0.494 e. The second-order valence-electron chi connectivity index (χ2n) is 6.41. The number of ether oxygens (including phenoxy) is 2. The molecule has 7 nitrogen and oxygen atoms in total. The van der Waals surface area contributed by atoms with Crippen LogP contribution in [0.1, 0.15) is 27.2 Å². The molecule has 0 bridgehead atoms. The van der Waals surface area contributed by atoms with Gasteiger partial charge in [-0.05, 0) is 51.5 Å². The van der Waals surface area contributed by atoms with Crippen molar-refractivity contribution in [3.63, 3.8) is 0 Å². The Labute approximate surface area is 155 Å². The van der Waals surface area contributed by atoms with E-state index >= 15 is 0 Å². The Balaban J connectivity index is 1.76. The lowest BCUT2D eigenvalue weighted by Crippen LogP contribution is -2.40. The van der Waals surface area contributed by atoms with E-state index < -0.39 is 0 Å². The van der Waals surface area contributed by atoms with Gasteiger partial charge in [-0.2, -0.15) is 0 Å². The summed E-state index contributed by atoms with van der Waals surface area (Å²) in [5, 5.41) is 2.83. The van der Waals surface area contributed by atoms with Gasteiger partial charge in [0.25, 0.3) is 0 Å². The first-order valence-electron chi connectivity index (χ1n) is 9.19. The van der Waals surface area contributed by atoms with E-state index in [1.54, 1.807) is 9.80 Å². The molecule has 1 saturated heterocycles. The molecule has 3 amide bonds. The number of nitrogens with one attached hydrogen (secondary N) is 1. The van der Waals surface area contributed by atoms with E-state index in [1.165, 1.54) is 0 Å². The lowest BCUT2D eigenvalue weighted by atomic mass is 10.3. The number of carbonyl (C=O) groups excluding carboxylic acids is 2. The fraction of sp³-hybridized carbons (Fsp3) is 0.579. The van der Waals surface area contributed by atoms with Crippen LogP contribution in [0.15, 0.2) is 24.3 Å². The van der Waals surface area contributed by atoms with Crippen LogP contribution in [0.25, 0.3) is 0 Å². The Morgan fingerprint density at radius 1 is 1.23 bits per heavy atom. The molecule has 0 aliphatic carbocycles. The molecule has 1 aromatic rings. The second-order valence-corrected chi connectivity index (χ2v) is 6.41. The van der Waals surface area contributed by atoms with Gasteiger partial charge in [-0.25, -0.2) is 4.79 Å². The van der Waals surface area contributed by atoms with Gasteiger partial charge in [0.2, 0.25) is 5.91 Å². The minimum absolute atomic E-state index is 0.0808. The summed E-state index contributed by atoms with van der Waals surface area (Å²) in [7, 11) is 0. The maximum Gasteiger partial charge on any atom is 0.325 e. The zero-order chi connectivity index (χ0) is 18.9. The summed E-state index contributed by atoms with van der Waals surface area (Å²) in [6, 6.07) is 7.27. The number of benzene rings is 1. The Bertz CT molecular complexity index is 589. The van der Waals surface area contributed by atoms with Crippen LogP contribution in [0.5, 0.6) is 5.75 Å². The second kappa shape index (κ2) is 10.0. The number of amides is 3. The lowest BCUT2D eigenvalue weighted by Gasteiger charge is -2.18. The highest BCUT2D eigenvalue weighted by Gasteiger charge is 2.30. The van der Waals surface area contributed by atoms with Crippen LogP contribution in [0.3, 0.4) is 0 Å². The van der Waals surface area contributed by atoms with Crippen LogP contribution in [-0.4, -0.2) is 62.3 Å². The first-order chi connectivity index (χ1) is 12.5. The van der Waals surface area contributed by atoms with Gasteiger partial charge in [0.1, 0.15) is 12.3 Å². The molecule has 2 rings (SSSR count). The highest BCUT2D eigenvalue weighted by Crippen LogP contribution is 2.23. The summed E-state index contributed by atoms with van der Waals surface area (Å²) < 4.78 is 10.8. The van der Waals surface area contributed by atoms with Crippen molar-refractivity contribution in [2.24, 2.45) is 0 Å². The van der Waals surface area contributed by atoms with Crippen molar-refractivity contribution in [3.05, 3.63) is 24.3 Å². The highest BCUT2D eigenvalue weighted by atomic mass is 16.5. The van der Waals surface area contributed by atoms with Gasteiger partial charge >= 0.3 is 6.03 Å². The number of carbonyl (C=O) groups is 2. The van der Waals surface area contributed by atoms with Crippen molar-refractivity contribution in [2.75, 3.05) is 44.3 Å². The van der Waals surface area contributed by atoms with Crippen molar-refractivity contribution in [1.82, 2.24) is 10.2 Å². The molecule has 1 heterocycles. The molecule has 144 valence electrons. The van der Waals surface area contributed by atoms with Crippen LogP contribution in [0, 0.1) is 0 Å². The van der Waals surface area contributed by atoms with E-state index in [9.17, 15) is 9.59 Å². The van der Waals surface area contributed by atoms with E-state index in [4.69, 9.17) is 9.47 Å². The van der Waals surface area contributed by atoms with E-state index in [2.05, 4.69) is 5.32 Å². The summed E-state index contributed by atoms with van der Waals surface area (Å²) in [5.41, 5.74) is 0.812.